The number of rotatable bonds is 5. The van der Waals surface area contributed by atoms with Crippen molar-refractivity contribution >= 4 is 11.6 Å². The third-order valence-electron chi connectivity index (χ3n) is 4.58. The maximum Gasteiger partial charge on any atom is 0.457 e. The SMILES string of the molecule is COCc1cc(C)cc(C(F)(C(F)(F)F)C(F)(F)C(F)(F)F)c1-c1ccc(C#N)cc1Cl. The zero-order valence-corrected chi connectivity index (χ0v) is 17.0. The molecule has 0 bridgehead atoms. The first-order chi connectivity index (χ1) is 14.5. The van der Waals surface area contributed by atoms with Gasteiger partial charge in [-0.15, -0.1) is 0 Å². The Kier molecular flexibility index (Phi) is 6.84. The van der Waals surface area contributed by atoms with E-state index in [0.717, 1.165) is 38.3 Å². The van der Waals surface area contributed by atoms with Crippen molar-refractivity contribution in [3.8, 4) is 17.2 Å². The largest absolute Gasteiger partial charge is 0.457 e. The Bertz CT molecular complexity index is 1060. The topological polar surface area (TPSA) is 33.0 Å². The molecule has 0 aromatic heterocycles. The molecule has 1 unspecified atom stereocenters. The number of aryl methyl sites for hydroxylation is 1. The molecular formula is C20H13ClF9NO. The summed E-state index contributed by atoms with van der Waals surface area (Å²) in [5.74, 6) is -6.86. The van der Waals surface area contributed by atoms with Gasteiger partial charge in [0.15, 0.2) is 0 Å². The molecule has 0 radical (unpaired) electrons. The lowest BCUT2D eigenvalue weighted by molar-refractivity contribution is -0.389. The Hall–Kier alpha value is -2.45. The second-order valence-corrected chi connectivity index (χ2v) is 7.22. The average molecular weight is 490 g/mol. The number of nitriles is 1. The molecule has 2 aromatic rings. The van der Waals surface area contributed by atoms with E-state index in [1.165, 1.54) is 0 Å². The van der Waals surface area contributed by atoms with E-state index < -0.39 is 52.3 Å². The lowest BCUT2D eigenvalue weighted by atomic mass is 9.80. The van der Waals surface area contributed by atoms with Gasteiger partial charge in [0.2, 0.25) is 0 Å². The highest BCUT2D eigenvalue weighted by Gasteiger charge is 2.82. The third-order valence-corrected chi connectivity index (χ3v) is 4.89. The van der Waals surface area contributed by atoms with Gasteiger partial charge in [0.1, 0.15) is 0 Å². The molecule has 32 heavy (non-hydrogen) atoms. The quantitative estimate of drug-likeness (QED) is 0.414. The summed E-state index contributed by atoms with van der Waals surface area (Å²) in [7, 11) is 1.09. The normalized spacial score (nSPS) is 14.7. The molecule has 0 N–H and O–H groups in total. The summed E-state index contributed by atoms with van der Waals surface area (Å²) in [5, 5.41) is 8.46. The van der Waals surface area contributed by atoms with Gasteiger partial charge in [-0.1, -0.05) is 35.4 Å². The molecule has 174 valence electrons. The van der Waals surface area contributed by atoms with Crippen LogP contribution in [0.5, 0.6) is 0 Å². The van der Waals surface area contributed by atoms with E-state index in [0.29, 0.717) is 0 Å². The average Bonchev–Trinajstić information content (AvgIpc) is 2.65. The molecule has 2 rings (SSSR count). The second-order valence-electron chi connectivity index (χ2n) is 6.81. The maximum atomic E-state index is 15.4. The first kappa shape index (κ1) is 25.8. The van der Waals surface area contributed by atoms with Gasteiger partial charge in [-0.2, -0.15) is 40.4 Å². The molecule has 2 nitrogen and oxygen atoms in total. The molecule has 12 heteroatoms. The fraction of sp³-hybridized carbons (Fsp3) is 0.350. The van der Waals surface area contributed by atoms with Crippen molar-refractivity contribution in [2.45, 2.75) is 37.5 Å². The van der Waals surface area contributed by atoms with Gasteiger partial charge in [-0.25, -0.2) is 4.39 Å². The van der Waals surface area contributed by atoms with Crippen molar-refractivity contribution < 1.29 is 44.3 Å². The molecule has 0 fully saturated rings. The molecule has 2 aromatic carbocycles. The van der Waals surface area contributed by atoms with Crippen LogP contribution in [-0.4, -0.2) is 25.4 Å². The Morgan fingerprint density at radius 2 is 1.53 bits per heavy atom. The van der Waals surface area contributed by atoms with E-state index in [2.05, 4.69) is 0 Å². The summed E-state index contributed by atoms with van der Waals surface area (Å²) in [6.45, 7) is 0.529. The van der Waals surface area contributed by atoms with Gasteiger partial charge in [-0.05, 0) is 30.2 Å². The molecule has 0 aliphatic heterocycles. The van der Waals surface area contributed by atoms with Gasteiger partial charge in [0.25, 0.3) is 0 Å². The van der Waals surface area contributed by atoms with Crippen LogP contribution in [0.1, 0.15) is 22.3 Å². The van der Waals surface area contributed by atoms with Crippen molar-refractivity contribution in [2.75, 3.05) is 7.11 Å². The Morgan fingerprint density at radius 1 is 0.938 bits per heavy atom. The van der Waals surface area contributed by atoms with E-state index in [4.69, 9.17) is 21.6 Å². The molecule has 0 aliphatic rings. The number of nitrogens with zero attached hydrogens (tertiary/aromatic N) is 1. The van der Waals surface area contributed by atoms with Gasteiger partial charge in [0.05, 0.1) is 18.2 Å². The highest BCUT2D eigenvalue weighted by Crippen LogP contribution is 2.60. The van der Waals surface area contributed by atoms with Crippen LogP contribution in [-0.2, 0) is 17.0 Å². The van der Waals surface area contributed by atoms with Crippen LogP contribution in [0, 0.1) is 18.3 Å². The van der Waals surface area contributed by atoms with Gasteiger partial charge < -0.3 is 4.74 Å². The summed E-state index contributed by atoms with van der Waals surface area (Å²) in [4.78, 5) is 0. The minimum Gasteiger partial charge on any atom is -0.380 e. The molecule has 0 heterocycles. The fourth-order valence-corrected chi connectivity index (χ4v) is 3.48. The molecule has 1 atom stereocenters. The van der Waals surface area contributed by atoms with E-state index in [1.807, 2.05) is 0 Å². The van der Waals surface area contributed by atoms with Crippen LogP contribution in [0.25, 0.3) is 11.1 Å². The Morgan fingerprint density at radius 3 is 1.97 bits per heavy atom. The number of methoxy groups -OCH3 is 1. The molecule has 0 saturated carbocycles. The zero-order valence-electron chi connectivity index (χ0n) is 16.2. The minimum absolute atomic E-state index is 0.0799. The molecule has 0 amide bonds. The lowest BCUT2D eigenvalue weighted by Crippen LogP contribution is -2.60. The number of ether oxygens (including phenoxy) is 1. The number of hydrogen-bond donors (Lipinski definition) is 0. The summed E-state index contributed by atoms with van der Waals surface area (Å²) < 4.78 is 129. The van der Waals surface area contributed by atoms with Crippen LogP contribution in [0.15, 0.2) is 30.3 Å². The first-order valence-electron chi connectivity index (χ1n) is 8.56. The van der Waals surface area contributed by atoms with Crippen molar-refractivity contribution in [1.29, 1.82) is 5.26 Å². The van der Waals surface area contributed by atoms with E-state index in [1.54, 1.807) is 6.07 Å². The number of halogens is 10. The molecule has 0 saturated heterocycles. The van der Waals surface area contributed by atoms with Crippen molar-refractivity contribution in [3.05, 3.63) is 57.6 Å². The van der Waals surface area contributed by atoms with Crippen LogP contribution in [0.4, 0.5) is 39.5 Å². The predicted molar refractivity (Wildman–Crippen MR) is 96.9 cm³/mol. The Labute approximate surface area is 181 Å². The summed E-state index contributed by atoms with van der Waals surface area (Å²) in [5.41, 5.74) is -10.2. The number of benzene rings is 2. The number of hydrogen-bond acceptors (Lipinski definition) is 2. The highest BCUT2D eigenvalue weighted by atomic mass is 35.5. The van der Waals surface area contributed by atoms with E-state index in [-0.39, 0.29) is 22.8 Å². The van der Waals surface area contributed by atoms with Crippen LogP contribution < -0.4 is 0 Å². The lowest BCUT2D eigenvalue weighted by Gasteiger charge is -2.38. The fourth-order valence-electron chi connectivity index (χ4n) is 3.20. The molecule has 0 spiro atoms. The molecular weight excluding hydrogens is 477 g/mol. The van der Waals surface area contributed by atoms with Gasteiger partial charge in [0, 0.05) is 23.3 Å². The first-order valence-corrected chi connectivity index (χ1v) is 8.93. The van der Waals surface area contributed by atoms with Crippen molar-refractivity contribution in [3.63, 3.8) is 0 Å². The van der Waals surface area contributed by atoms with Crippen LogP contribution >= 0.6 is 11.6 Å². The van der Waals surface area contributed by atoms with Crippen molar-refractivity contribution in [2.24, 2.45) is 0 Å². The highest BCUT2D eigenvalue weighted by molar-refractivity contribution is 6.33. The van der Waals surface area contributed by atoms with Gasteiger partial charge in [-0.3, -0.25) is 0 Å². The standard InChI is InChI=1S/C20H13ClF9NO/c1-10-5-12(9-32-2)16(13-4-3-11(8-31)7-15(13)21)14(6-10)17(22,19(25,26)27)18(23,24)20(28,29)30/h3-7H,9H2,1-2H3. The van der Waals surface area contributed by atoms with Crippen LogP contribution in [0.2, 0.25) is 5.02 Å². The summed E-state index contributed by atoms with van der Waals surface area (Å²) in [6.07, 6.45) is -13.6. The van der Waals surface area contributed by atoms with Gasteiger partial charge >= 0.3 is 23.9 Å². The zero-order chi connectivity index (χ0) is 24.7. The van der Waals surface area contributed by atoms with E-state index in [9.17, 15) is 35.1 Å². The summed E-state index contributed by atoms with van der Waals surface area (Å²) in [6, 6.07) is 5.99. The van der Waals surface area contributed by atoms with Crippen molar-refractivity contribution in [1.82, 2.24) is 0 Å². The van der Waals surface area contributed by atoms with Crippen LogP contribution in [0.3, 0.4) is 0 Å². The monoisotopic (exact) mass is 489 g/mol. The maximum absolute atomic E-state index is 15.4. The third kappa shape index (κ3) is 4.13. The molecule has 0 aliphatic carbocycles. The van der Waals surface area contributed by atoms with E-state index >= 15 is 4.39 Å². The second kappa shape index (κ2) is 8.48. The smallest absolute Gasteiger partial charge is 0.380 e. The Balaban J connectivity index is 3.10. The summed E-state index contributed by atoms with van der Waals surface area (Å²) >= 11 is 5.99. The minimum atomic E-state index is -6.88. The predicted octanol–water partition coefficient (Wildman–Crippen LogP) is 7.26. The number of alkyl halides is 9.